The van der Waals surface area contributed by atoms with E-state index in [2.05, 4.69) is 108 Å². The van der Waals surface area contributed by atoms with E-state index in [1.54, 1.807) is 0 Å². The SMILES string of the molecule is CC.CC.CC.CC.CC.CC.CC1CC(C)OC(Cc2ccccc2)O1.CCC(C)CCc1ccccc1.CCC1CC(C)OC(Cc2ccccc2)O1. The number of benzene rings is 3. The standard InChI is InChI=1S/C14H20O2.C13H18O2.C12H18.6C2H6/c1-3-13-9-11(2)15-14(16-13)10-12-7-5-4-6-8-12;1-10-8-11(2)15-13(14-10)9-12-6-4-3-5-7-12;1-3-11(2)9-10-12-7-5-4-6-8-12;6*1-2/h4-8,11,13-14H,3,9-10H2,1-2H3;3-7,10-11,13H,8-9H2,1-2H3;4-8,11H,3,9-10H2,1-2H3;6*1-2H3. The van der Waals surface area contributed by atoms with E-state index >= 15 is 0 Å². The van der Waals surface area contributed by atoms with Crippen molar-refractivity contribution in [2.45, 2.75) is 213 Å². The van der Waals surface area contributed by atoms with Crippen LogP contribution in [0.4, 0.5) is 0 Å². The fourth-order valence-electron chi connectivity index (χ4n) is 5.45. The zero-order chi connectivity index (χ0) is 42.9. The van der Waals surface area contributed by atoms with Crippen molar-refractivity contribution in [1.82, 2.24) is 0 Å². The van der Waals surface area contributed by atoms with Crippen LogP contribution in [0.15, 0.2) is 91.0 Å². The monoisotopic (exact) mass is 769 g/mol. The van der Waals surface area contributed by atoms with Crippen molar-refractivity contribution in [3.63, 3.8) is 0 Å². The molecule has 320 valence electrons. The van der Waals surface area contributed by atoms with Crippen molar-refractivity contribution in [1.29, 1.82) is 0 Å². The number of hydrogen-bond donors (Lipinski definition) is 0. The van der Waals surface area contributed by atoms with Crippen molar-refractivity contribution < 1.29 is 18.9 Å². The highest BCUT2D eigenvalue weighted by Crippen LogP contribution is 2.23. The first kappa shape index (κ1) is 59.2. The molecule has 0 N–H and O–H groups in total. The molecule has 55 heavy (non-hydrogen) atoms. The Morgan fingerprint density at radius 1 is 0.473 bits per heavy atom. The van der Waals surface area contributed by atoms with E-state index in [-0.39, 0.29) is 12.6 Å². The van der Waals surface area contributed by atoms with Crippen molar-refractivity contribution in [2.75, 3.05) is 0 Å². The first-order valence-electron chi connectivity index (χ1n) is 22.6. The molecule has 2 aliphatic heterocycles. The molecule has 3 aromatic rings. The van der Waals surface area contributed by atoms with Gasteiger partial charge in [0.1, 0.15) is 0 Å². The van der Waals surface area contributed by atoms with Gasteiger partial charge >= 0.3 is 0 Å². The van der Waals surface area contributed by atoms with Gasteiger partial charge in [0.25, 0.3) is 0 Å². The maximum Gasteiger partial charge on any atom is 0.162 e. The van der Waals surface area contributed by atoms with Crippen LogP contribution in [0.2, 0.25) is 0 Å². The maximum atomic E-state index is 5.89. The molecule has 2 saturated heterocycles. The van der Waals surface area contributed by atoms with Gasteiger partial charge in [-0.05, 0) is 75.5 Å². The Bertz CT molecular complexity index is 1080. The third-order valence-corrected chi connectivity index (χ3v) is 8.17. The lowest BCUT2D eigenvalue weighted by molar-refractivity contribution is -0.237. The zero-order valence-corrected chi connectivity index (χ0v) is 39.5. The van der Waals surface area contributed by atoms with Crippen LogP contribution in [-0.2, 0) is 38.2 Å². The summed E-state index contributed by atoms with van der Waals surface area (Å²) in [4.78, 5) is 0. The molecule has 0 radical (unpaired) electrons. The number of aryl methyl sites for hydroxylation is 1. The largest absolute Gasteiger partial charge is 0.349 e. The number of ether oxygens (including phenoxy) is 4. The predicted octanol–water partition coefficient (Wildman–Crippen LogP) is 15.8. The lowest BCUT2D eigenvalue weighted by Gasteiger charge is -2.34. The van der Waals surface area contributed by atoms with Crippen LogP contribution in [0.5, 0.6) is 0 Å². The van der Waals surface area contributed by atoms with Crippen molar-refractivity contribution in [3.05, 3.63) is 108 Å². The van der Waals surface area contributed by atoms with E-state index in [0.717, 1.165) is 38.0 Å². The average molecular weight is 769 g/mol. The fourth-order valence-corrected chi connectivity index (χ4v) is 5.45. The normalized spacial score (nSPS) is 20.8. The van der Waals surface area contributed by atoms with Crippen LogP contribution in [0, 0.1) is 5.92 Å². The van der Waals surface area contributed by atoms with E-state index in [0.29, 0.717) is 24.4 Å². The highest BCUT2D eigenvalue weighted by atomic mass is 16.7. The Balaban J connectivity index is -0.000000313. The molecule has 0 aromatic heterocycles. The third kappa shape index (κ3) is 32.3. The van der Waals surface area contributed by atoms with Gasteiger partial charge in [-0.1, -0.05) is 201 Å². The molecule has 4 nitrogen and oxygen atoms in total. The molecule has 2 aliphatic rings. The van der Waals surface area contributed by atoms with Gasteiger partial charge in [0.05, 0.1) is 24.4 Å². The van der Waals surface area contributed by atoms with Gasteiger partial charge in [-0.2, -0.15) is 0 Å². The Kier molecular flexibility index (Phi) is 47.6. The quantitative estimate of drug-likeness (QED) is 0.217. The second-order valence-corrected chi connectivity index (χ2v) is 12.3. The van der Waals surface area contributed by atoms with E-state index in [1.165, 1.54) is 36.0 Å². The molecule has 2 fully saturated rings. The summed E-state index contributed by atoms with van der Waals surface area (Å²) in [6.45, 7) is 37.1. The minimum Gasteiger partial charge on any atom is -0.349 e. The Hall–Kier alpha value is -2.50. The molecule has 0 aliphatic carbocycles. The van der Waals surface area contributed by atoms with Gasteiger partial charge in [0, 0.05) is 12.8 Å². The summed E-state index contributed by atoms with van der Waals surface area (Å²) in [6, 6.07) is 31.4. The smallest absolute Gasteiger partial charge is 0.162 e. The molecule has 4 heteroatoms. The lowest BCUT2D eigenvalue weighted by Crippen LogP contribution is -2.37. The molecule has 0 saturated carbocycles. The van der Waals surface area contributed by atoms with Crippen molar-refractivity contribution in [3.8, 4) is 0 Å². The molecule has 0 amide bonds. The maximum absolute atomic E-state index is 5.89. The fraction of sp³-hybridized carbons (Fsp3) is 0.647. The van der Waals surface area contributed by atoms with Crippen LogP contribution in [0.3, 0.4) is 0 Å². The van der Waals surface area contributed by atoms with Crippen molar-refractivity contribution >= 4 is 0 Å². The van der Waals surface area contributed by atoms with Gasteiger partial charge < -0.3 is 18.9 Å². The summed E-state index contributed by atoms with van der Waals surface area (Å²) in [7, 11) is 0. The Morgan fingerprint density at radius 2 is 0.800 bits per heavy atom. The lowest BCUT2D eigenvalue weighted by atomic mass is 9.99. The van der Waals surface area contributed by atoms with Gasteiger partial charge in [0.2, 0.25) is 0 Å². The van der Waals surface area contributed by atoms with Gasteiger partial charge in [-0.15, -0.1) is 0 Å². The summed E-state index contributed by atoms with van der Waals surface area (Å²) in [5.41, 5.74) is 4.01. The van der Waals surface area contributed by atoms with Gasteiger partial charge in [-0.25, -0.2) is 0 Å². The summed E-state index contributed by atoms with van der Waals surface area (Å²) in [6.07, 6.45) is 9.75. The summed E-state index contributed by atoms with van der Waals surface area (Å²) in [5, 5.41) is 0. The molecule has 2 heterocycles. The molecule has 6 unspecified atom stereocenters. The minimum absolute atomic E-state index is 0.0731. The summed E-state index contributed by atoms with van der Waals surface area (Å²) >= 11 is 0. The second kappa shape index (κ2) is 44.2. The molecule has 6 atom stereocenters. The Morgan fingerprint density at radius 3 is 1.15 bits per heavy atom. The second-order valence-electron chi connectivity index (χ2n) is 12.3. The predicted molar refractivity (Wildman–Crippen MR) is 246 cm³/mol. The highest BCUT2D eigenvalue weighted by molar-refractivity contribution is 5.16. The van der Waals surface area contributed by atoms with E-state index in [4.69, 9.17) is 18.9 Å². The minimum atomic E-state index is -0.0776. The average Bonchev–Trinajstić information content (AvgIpc) is 3.25. The van der Waals surface area contributed by atoms with E-state index < -0.39 is 0 Å². The third-order valence-electron chi connectivity index (χ3n) is 8.17. The topological polar surface area (TPSA) is 36.9 Å². The summed E-state index contributed by atoms with van der Waals surface area (Å²) in [5.74, 6) is 0.866. The van der Waals surface area contributed by atoms with Crippen LogP contribution >= 0.6 is 0 Å². The molecular formula is C51H92O4. The Labute approximate surface area is 344 Å². The molecule has 5 rings (SSSR count). The first-order chi connectivity index (χ1) is 26.8. The van der Waals surface area contributed by atoms with Crippen LogP contribution in [-0.4, -0.2) is 37.0 Å². The molecule has 0 bridgehead atoms. The summed E-state index contributed by atoms with van der Waals surface area (Å²) < 4.78 is 23.2. The van der Waals surface area contributed by atoms with E-state index in [1.807, 2.05) is 107 Å². The van der Waals surface area contributed by atoms with Crippen LogP contribution in [0.1, 0.15) is 173 Å². The van der Waals surface area contributed by atoms with Gasteiger partial charge in [0.15, 0.2) is 12.6 Å². The first-order valence-corrected chi connectivity index (χ1v) is 22.6. The number of hydrogen-bond acceptors (Lipinski definition) is 4. The molecular weight excluding hydrogens is 677 g/mol. The highest BCUT2D eigenvalue weighted by Gasteiger charge is 2.26. The zero-order valence-electron chi connectivity index (χ0n) is 39.5. The van der Waals surface area contributed by atoms with E-state index in [9.17, 15) is 0 Å². The van der Waals surface area contributed by atoms with Gasteiger partial charge in [-0.3, -0.25) is 0 Å². The van der Waals surface area contributed by atoms with Crippen molar-refractivity contribution in [2.24, 2.45) is 5.92 Å². The molecule has 3 aromatic carbocycles. The molecule has 0 spiro atoms. The number of rotatable bonds is 9. The van der Waals surface area contributed by atoms with Crippen LogP contribution in [0.25, 0.3) is 0 Å². The van der Waals surface area contributed by atoms with Crippen LogP contribution < -0.4 is 0 Å².